The molecule has 5 heteroatoms. The number of hydrogen-bond acceptors (Lipinski definition) is 4. The summed E-state index contributed by atoms with van der Waals surface area (Å²) in [5.41, 5.74) is 1.70. The number of nitrogens with one attached hydrogen (secondary N) is 1. The predicted molar refractivity (Wildman–Crippen MR) is 92.0 cm³/mol. The lowest BCUT2D eigenvalue weighted by atomic mass is 10.2. The maximum absolute atomic E-state index is 11.9. The van der Waals surface area contributed by atoms with E-state index in [1.807, 2.05) is 36.4 Å². The van der Waals surface area contributed by atoms with Crippen molar-refractivity contribution >= 4 is 17.6 Å². The molecule has 24 heavy (non-hydrogen) atoms. The summed E-state index contributed by atoms with van der Waals surface area (Å²) in [4.78, 5) is 23.6. The molecule has 2 aromatic carbocycles. The molecule has 5 nitrogen and oxygen atoms in total. The third kappa shape index (κ3) is 5.76. The molecule has 0 fully saturated rings. The Hall–Kier alpha value is -2.82. The zero-order valence-electron chi connectivity index (χ0n) is 13.7. The standard InChI is InChI=1S/C19H21NO4/c1-23-17-10-6-5-9-16(17)20-18(21)11-12-19(22)24-14-13-15-7-3-2-4-8-15/h2-10H,11-14H2,1H3,(H,20,21). The van der Waals surface area contributed by atoms with Crippen LogP contribution in [0.5, 0.6) is 5.75 Å². The Kier molecular flexibility index (Phi) is 6.83. The van der Waals surface area contributed by atoms with E-state index in [9.17, 15) is 9.59 Å². The summed E-state index contributed by atoms with van der Waals surface area (Å²) in [6, 6.07) is 16.9. The van der Waals surface area contributed by atoms with E-state index in [0.29, 0.717) is 24.5 Å². The van der Waals surface area contributed by atoms with E-state index in [2.05, 4.69) is 5.32 Å². The molecule has 2 aromatic rings. The maximum Gasteiger partial charge on any atom is 0.306 e. The number of esters is 1. The first-order chi connectivity index (χ1) is 11.7. The van der Waals surface area contributed by atoms with Crippen molar-refractivity contribution in [3.63, 3.8) is 0 Å². The fourth-order valence-electron chi connectivity index (χ4n) is 2.18. The highest BCUT2D eigenvalue weighted by Gasteiger charge is 2.10. The first-order valence-corrected chi connectivity index (χ1v) is 7.81. The van der Waals surface area contributed by atoms with Gasteiger partial charge in [-0.3, -0.25) is 9.59 Å². The lowest BCUT2D eigenvalue weighted by Crippen LogP contribution is -2.15. The summed E-state index contributed by atoms with van der Waals surface area (Å²) in [5, 5.41) is 2.73. The molecular weight excluding hydrogens is 306 g/mol. The van der Waals surface area contributed by atoms with E-state index in [-0.39, 0.29) is 24.7 Å². The fourth-order valence-corrected chi connectivity index (χ4v) is 2.18. The summed E-state index contributed by atoms with van der Waals surface area (Å²) in [5.74, 6) is -0.0445. The lowest BCUT2D eigenvalue weighted by molar-refractivity contribution is -0.144. The minimum atomic E-state index is -0.374. The Balaban J connectivity index is 1.68. The van der Waals surface area contributed by atoms with Crippen LogP contribution in [0.1, 0.15) is 18.4 Å². The van der Waals surface area contributed by atoms with Gasteiger partial charge in [0.2, 0.25) is 5.91 Å². The topological polar surface area (TPSA) is 64.6 Å². The molecule has 0 saturated carbocycles. The number of carbonyl (C=O) groups is 2. The van der Waals surface area contributed by atoms with Gasteiger partial charge in [-0.25, -0.2) is 0 Å². The monoisotopic (exact) mass is 327 g/mol. The molecule has 0 aliphatic rings. The maximum atomic E-state index is 11.9. The Morgan fingerprint density at radius 3 is 2.42 bits per heavy atom. The van der Waals surface area contributed by atoms with Gasteiger partial charge in [-0.1, -0.05) is 42.5 Å². The second kappa shape index (κ2) is 9.35. The molecule has 0 aliphatic heterocycles. The van der Waals surface area contributed by atoms with Crippen LogP contribution in [0, 0.1) is 0 Å². The van der Waals surface area contributed by atoms with Crippen LogP contribution in [0.4, 0.5) is 5.69 Å². The normalized spacial score (nSPS) is 10.0. The number of anilines is 1. The first-order valence-electron chi connectivity index (χ1n) is 7.81. The van der Waals surface area contributed by atoms with Crippen LogP contribution < -0.4 is 10.1 Å². The highest BCUT2D eigenvalue weighted by atomic mass is 16.5. The van der Waals surface area contributed by atoms with Crippen LogP contribution in [0.2, 0.25) is 0 Å². The Bertz CT molecular complexity index is 670. The zero-order valence-corrected chi connectivity index (χ0v) is 13.7. The van der Waals surface area contributed by atoms with Crippen molar-refractivity contribution in [2.24, 2.45) is 0 Å². The number of amides is 1. The summed E-state index contributed by atoms with van der Waals surface area (Å²) in [6.45, 7) is 0.316. The van der Waals surface area contributed by atoms with Crippen molar-refractivity contribution in [3.8, 4) is 5.75 Å². The van der Waals surface area contributed by atoms with Crippen LogP contribution in [0.15, 0.2) is 54.6 Å². The number of para-hydroxylation sites is 2. The van der Waals surface area contributed by atoms with E-state index in [1.165, 1.54) is 7.11 Å². The van der Waals surface area contributed by atoms with Crippen molar-refractivity contribution < 1.29 is 19.1 Å². The second-order valence-electron chi connectivity index (χ2n) is 5.20. The van der Waals surface area contributed by atoms with Crippen molar-refractivity contribution in [1.82, 2.24) is 0 Å². The molecule has 0 aromatic heterocycles. The quantitative estimate of drug-likeness (QED) is 0.756. The molecule has 1 N–H and O–H groups in total. The molecule has 0 radical (unpaired) electrons. The van der Waals surface area contributed by atoms with E-state index >= 15 is 0 Å². The van der Waals surface area contributed by atoms with Crippen molar-refractivity contribution in [1.29, 1.82) is 0 Å². The Morgan fingerprint density at radius 2 is 1.67 bits per heavy atom. The summed E-state index contributed by atoms with van der Waals surface area (Å²) in [7, 11) is 1.54. The first kappa shape index (κ1) is 17.5. The van der Waals surface area contributed by atoms with Crippen molar-refractivity contribution in [2.45, 2.75) is 19.3 Å². The van der Waals surface area contributed by atoms with E-state index in [0.717, 1.165) is 5.56 Å². The SMILES string of the molecule is COc1ccccc1NC(=O)CCC(=O)OCCc1ccccc1. The molecule has 1 amide bonds. The van der Waals surface area contributed by atoms with Crippen molar-refractivity contribution in [3.05, 3.63) is 60.2 Å². The van der Waals surface area contributed by atoms with Crippen LogP contribution in [0.25, 0.3) is 0 Å². The zero-order chi connectivity index (χ0) is 17.2. The van der Waals surface area contributed by atoms with Gasteiger partial charge in [-0.2, -0.15) is 0 Å². The number of benzene rings is 2. The molecule has 0 atom stereocenters. The second-order valence-corrected chi connectivity index (χ2v) is 5.20. The number of methoxy groups -OCH3 is 1. The van der Waals surface area contributed by atoms with E-state index in [4.69, 9.17) is 9.47 Å². The molecule has 0 bridgehead atoms. The summed E-state index contributed by atoms with van der Waals surface area (Å²) >= 11 is 0. The van der Waals surface area contributed by atoms with E-state index in [1.54, 1.807) is 18.2 Å². The van der Waals surface area contributed by atoms with Crippen LogP contribution in [-0.4, -0.2) is 25.6 Å². The number of hydrogen-bond donors (Lipinski definition) is 1. The van der Waals surface area contributed by atoms with Gasteiger partial charge in [0.25, 0.3) is 0 Å². The predicted octanol–water partition coefficient (Wildman–Crippen LogP) is 3.20. The summed E-state index contributed by atoms with van der Waals surface area (Å²) in [6.07, 6.45) is 0.790. The van der Waals surface area contributed by atoms with Crippen LogP contribution in [0.3, 0.4) is 0 Å². The van der Waals surface area contributed by atoms with Gasteiger partial charge in [-0.15, -0.1) is 0 Å². The largest absolute Gasteiger partial charge is 0.495 e. The van der Waals surface area contributed by atoms with E-state index < -0.39 is 0 Å². The Labute approximate surface area is 141 Å². The number of carbonyl (C=O) groups excluding carboxylic acids is 2. The third-order valence-corrected chi connectivity index (χ3v) is 3.43. The third-order valence-electron chi connectivity index (χ3n) is 3.43. The number of rotatable bonds is 8. The number of ether oxygens (including phenoxy) is 2. The molecule has 126 valence electrons. The Morgan fingerprint density at radius 1 is 0.958 bits per heavy atom. The van der Waals surface area contributed by atoms with Gasteiger partial charge in [-0.05, 0) is 17.7 Å². The molecule has 0 aliphatic carbocycles. The van der Waals surface area contributed by atoms with Gasteiger partial charge in [0.1, 0.15) is 5.75 Å². The molecule has 0 saturated heterocycles. The molecule has 0 spiro atoms. The van der Waals surface area contributed by atoms with Gasteiger partial charge in [0.05, 0.1) is 25.8 Å². The fraction of sp³-hybridized carbons (Fsp3) is 0.263. The molecule has 0 heterocycles. The summed E-state index contributed by atoms with van der Waals surface area (Å²) < 4.78 is 10.3. The molecular formula is C19H21NO4. The highest BCUT2D eigenvalue weighted by molar-refractivity contribution is 5.93. The smallest absolute Gasteiger partial charge is 0.306 e. The highest BCUT2D eigenvalue weighted by Crippen LogP contribution is 2.23. The minimum absolute atomic E-state index is 0.0514. The van der Waals surface area contributed by atoms with Crippen LogP contribution in [-0.2, 0) is 20.7 Å². The van der Waals surface area contributed by atoms with Gasteiger partial charge < -0.3 is 14.8 Å². The van der Waals surface area contributed by atoms with Crippen molar-refractivity contribution in [2.75, 3.05) is 19.0 Å². The van der Waals surface area contributed by atoms with Crippen LogP contribution >= 0.6 is 0 Å². The minimum Gasteiger partial charge on any atom is -0.495 e. The average molecular weight is 327 g/mol. The van der Waals surface area contributed by atoms with Gasteiger partial charge in [0, 0.05) is 12.8 Å². The van der Waals surface area contributed by atoms with Gasteiger partial charge >= 0.3 is 5.97 Å². The molecule has 2 rings (SSSR count). The molecule has 0 unspecified atom stereocenters. The van der Waals surface area contributed by atoms with Gasteiger partial charge in [0.15, 0.2) is 0 Å². The average Bonchev–Trinajstić information content (AvgIpc) is 2.61. The lowest BCUT2D eigenvalue weighted by Gasteiger charge is -2.09.